The summed E-state index contributed by atoms with van der Waals surface area (Å²) in [5.74, 6) is 2.43. The summed E-state index contributed by atoms with van der Waals surface area (Å²) in [4.78, 5) is 13.1. The normalized spacial score (nSPS) is 14.0. The van der Waals surface area contributed by atoms with Gasteiger partial charge in [0.1, 0.15) is 18.1 Å². The van der Waals surface area contributed by atoms with Gasteiger partial charge in [0.15, 0.2) is 17.3 Å². The Kier molecular flexibility index (Phi) is 3.53. The first-order chi connectivity index (χ1) is 13.2. The van der Waals surface area contributed by atoms with Gasteiger partial charge in [0.05, 0.1) is 12.7 Å². The van der Waals surface area contributed by atoms with Gasteiger partial charge in [-0.3, -0.25) is 4.79 Å². The highest BCUT2D eigenvalue weighted by molar-refractivity contribution is 6.12. The first-order valence-electron chi connectivity index (χ1n) is 8.61. The molecule has 0 radical (unpaired) electrons. The third-order valence-electron chi connectivity index (χ3n) is 4.88. The summed E-state index contributed by atoms with van der Waals surface area (Å²) in [5.41, 5.74) is 4.06. The molecular formula is C22H16O5. The molecule has 3 aromatic carbocycles. The van der Waals surface area contributed by atoms with Crippen molar-refractivity contribution in [2.24, 2.45) is 0 Å². The first kappa shape index (κ1) is 15.8. The molecule has 3 aromatic rings. The van der Waals surface area contributed by atoms with Crippen molar-refractivity contribution in [1.82, 2.24) is 0 Å². The maximum absolute atomic E-state index is 13.1. The largest absolute Gasteiger partial charge is 0.497 e. The Bertz CT molecular complexity index is 1050. The first-order valence-corrected chi connectivity index (χ1v) is 8.61. The topological polar surface area (TPSA) is 54.0 Å². The van der Waals surface area contributed by atoms with Gasteiger partial charge in [-0.25, -0.2) is 0 Å². The van der Waals surface area contributed by atoms with E-state index in [0.29, 0.717) is 35.0 Å². The molecule has 0 aliphatic carbocycles. The second kappa shape index (κ2) is 6.06. The van der Waals surface area contributed by atoms with Crippen LogP contribution in [0.15, 0.2) is 54.6 Å². The van der Waals surface area contributed by atoms with Crippen LogP contribution in [-0.4, -0.2) is 19.7 Å². The summed E-state index contributed by atoms with van der Waals surface area (Å²) < 4.78 is 21.9. The molecular weight excluding hydrogens is 344 g/mol. The van der Waals surface area contributed by atoms with Gasteiger partial charge >= 0.3 is 0 Å². The molecule has 5 nitrogen and oxygen atoms in total. The van der Waals surface area contributed by atoms with Crippen molar-refractivity contribution in [1.29, 1.82) is 0 Å². The van der Waals surface area contributed by atoms with Crippen molar-refractivity contribution in [3.8, 4) is 34.1 Å². The summed E-state index contributed by atoms with van der Waals surface area (Å²) in [6.07, 6.45) is 0. The molecule has 0 aromatic heterocycles. The molecule has 0 amide bonds. The van der Waals surface area contributed by atoms with Crippen LogP contribution in [0.5, 0.6) is 23.0 Å². The lowest BCUT2D eigenvalue weighted by Crippen LogP contribution is -2.03. The van der Waals surface area contributed by atoms with Crippen LogP contribution in [0.3, 0.4) is 0 Å². The predicted molar refractivity (Wildman–Crippen MR) is 98.8 cm³/mol. The van der Waals surface area contributed by atoms with E-state index in [2.05, 4.69) is 0 Å². The lowest BCUT2D eigenvalue weighted by Gasteiger charge is -2.09. The maximum Gasteiger partial charge on any atom is 0.231 e. The number of methoxy groups -OCH3 is 1. The van der Waals surface area contributed by atoms with E-state index in [1.54, 1.807) is 19.2 Å². The van der Waals surface area contributed by atoms with E-state index in [9.17, 15) is 4.79 Å². The van der Waals surface area contributed by atoms with Gasteiger partial charge in [0, 0.05) is 17.2 Å². The zero-order chi connectivity index (χ0) is 18.4. The maximum atomic E-state index is 13.1. The molecule has 27 heavy (non-hydrogen) atoms. The van der Waals surface area contributed by atoms with E-state index in [0.717, 1.165) is 22.4 Å². The molecule has 0 unspecified atom stereocenters. The standard InChI is InChI=1S/C22H16O5/c1-24-16-5-2-13(3-6-16)14-4-7-17-15(8-14)11-25-19-10-21-20(26-12-27-21)9-18(19)22(17)23/h2-10H,11-12H2,1H3. The van der Waals surface area contributed by atoms with E-state index < -0.39 is 0 Å². The van der Waals surface area contributed by atoms with Gasteiger partial charge in [-0.2, -0.15) is 0 Å². The van der Waals surface area contributed by atoms with Gasteiger partial charge in [-0.05, 0) is 35.4 Å². The number of carbonyl (C=O) groups is 1. The SMILES string of the molecule is COc1ccc(-c2ccc3c(c2)COc2cc4c(cc2C3=O)OCO4)cc1. The Morgan fingerprint density at radius 3 is 2.30 bits per heavy atom. The molecule has 134 valence electrons. The highest BCUT2D eigenvalue weighted by Gasteiger charge is 2.27. The van der Waals surface area contributed by atoms with Crippen LogP contribution < -0.4 is 18.9 Å². The van der Waals surface area contributed by atoms with Crippen molar-refractivity contribution >= 4 is 5.78 Å². The number of ketones is 1. The molecule has 0 saturated carbocycles. The summed E-state index contributed by atoms with van der Waals surface area (Å²) in [6.45, 7) is 0.478. The minimum absolute atomic E-state index is 0.0721. The van der Waals surface area contributed by atoms with Crippen molar-refractivity contribution in [2.75, 3.05) is 13.9 Å². The van der Waals surface area contributed by atoms with Gasteiger partial charge in [0.25, 0.3) is 0 Å². The Hall–Kier alpha value is -3.47. The molecule has 0 saturated heterocycles. The number of benzene rings is 3. The highest BCUT2D eigenvalue weighted by Crippen LogP contribution is 2.41. The average Bonchev–Trinajstić information content (AvgIpc) is 3.13. The molecule has 2 heterocycles. The van der Waals surface area contributed by atoms with Crippen LogP contribution in [0.25, 0.3) is 11.1 Å². The molecule has 2 aliphatic rings. The van der Waals surface area contributed by atoms with Gasteiger partial charge in [-0.15, -0.1) is 0 Å². The zero-order valence-corrected chi connectivity index (χ0v) is 14.7. The molecule has 5 rings (SSSR count). The Morgan fingerprint density at radius 2 is 1.52 bits per heavy atom. The van der Waals surface area contributed by atoms with Crippen molar-refractivity contribution in [3.05, 3.63) is 71.3 Å². The molecule has 0 spiro atoms. The van der Waals surface area contributed by atoms with E-state index in [1.807, 2.05) is 42.5 Å². The van der Waals surface area contributed by atoms with Gasteiger partial charge < -0.3 is 18.9 Å². The number of hydrogen-bond donors (Lipinski definition) is 0. The van der Waals surface area contributed by atoms with Crippen molar-refractivity contribution < 1.29 is 23.7 Å². The third kappa shape index (κ3) is 2.59. The zero-order valence-electron chi connectivity index (χ0n) is 14.7. The van der Waals surface area contributed by atoms with Crippen molar-refractivity contribution in [2.45, 2.75) is 6.61 Å². The van der Waals surface area contributed by atoms with E-state index in [-0.39, 0.29) is 12.6 Å². The number of rotatable bonds is 2. The van der Waals surface area contributed by atoms with Crippen LogP contribution >= 0.6 is 0 Å². The second-order valence-electron chi connectivity index (χ2n) is 6.42. The molecule has 0 bridgehead atoms. The third-order valence-corrected chi connectivity index (χ3v) is 4.88. The average molecular weight is 360 g/mol. The fourth-order valence-corrected chi connectivity index (χ4v) is 3.42. The number of hydrogen-bond acceptors (Lipinski definition) is 5. The highest BCUT2D eigenvalue weighted by atomic mass is 16.7. The van der Waals surface area contributed by atoms with E-state index >= 15 is 0 Å². The smallest absolute Gasteiger partial charge is 0.231 e. The quantitative estimate of drug-likeness (QED) is 0.685. The molecule has 0 atom stereocenters. The lowest BCUT2D eigenvalue weighted by molar-refractivity contribution is 0.103. The number of carbonyl (C=O) groups excluding carboxylic acids is 1. The fraction of sp³-hybridized carbons (Fsp3) is 0.136. The number of ether oxygens (including phenoxy) is 4. The Morgan fingerprint density at radius 1 is 0.778 bits per heavy atom. The van der Waals surface area contributed by atoms with Crippen LogP contribution in [0, 0.1) is 0 Å². The van der Waals surface area contributed by atoms with E-state index in [1.165, 1.54) is 0 Å². The molecule has 0 N–H and O–H groups in total. The lowest BCUT2D eigenvalue weighted by atomic mass is 9.95. The second-order valence-corrected chi connectivity index (χ2v) is 6.42. The van der Waals surface area contributed by atoms with Crippen LogP contribution in [-0.2, 0) is 6.61 Å². The minimum atomic E-state index is -0.0721. The van der Waals surface area contributed by atoms with Gasteiger partial charge in [0.2, 0.25) is 6.79 Å². The predicted octanol–water partition coefficient (Wildman–Crippen LogP) is 4.21. The van der Waals surface area contributed by atoms with Crippen LogP contribution in [0.2, 0.25) is 0 Å². The summed E-state index contributed by atoms with van der Waals surface area (Å²) in [6, 6.07) is 17.1. The minimum Gasteiger partial charge on any atom is -0.497 e. The van der Waals surface area contributed by atoms with Crippen molar-refractivity contribution in [3.63, 3.8) is 0 Å². The van der Waals surface area contributed by atoms with Crippen LogP contribution in [0.1, 0.15) is 21.5 Å². The van der Waals surface area contributed by atoms with E-state index in [4.69, 9.17) is 18.9 Å². The fourth-order valence-electron chi connectivity index (χ4n) is 3.42. The molecule has 5 heteroatoms. The monoisotopic (exact) mass is 360 g/mol. The molecule has 2 aliphatic heterocycles. The molecule has 0 fully saturated rings. The number of fused-ring (bicyclic) bond motifs is 3. The summed E-state index contributed by atoms with van der Waals surface area (Å²) >= 11 is 0. The van der Waals surface area contributed by atoms with Crippen LogP contribution in [0.4, 0.5) is 0 Å². The van der Waals surface area contributed by atoms with Gasteiger partial charge in [-0.1, -0.05) is 24.3 Å². The Labute approximate surface area is 156 Å². The Balaban J connectivity index is 1.54. The summed E-state index contributed by atoms with van der Waals surface area (Å²) in [5, 5.41) is 0. The summed E-state index contributed by atoms with van der Waals surface area (Å²) in [7, 11) is 1.64.